The third-order valence-corrected chi connectivity index (χ3v) is 3.61. The van der Waals surface area contributed by atoms with E-state index in [9.17, 15) is 9.59 Å². The van der Waals surface area contributed by atoms with Crippen LogP contribution in [0.2, 0.25) is 0 Å². The second-order valence-corrected chi connectivity index (χ2v) is 8.10. The number of rotatable bonds is 2. The van der Waals surface area contributed by atoms with E-state index < -0.39 is 17.1 Å². The summed E-state index contributed by atoms with van der Waals surface area (Å²) in [4.78, 5) is 28.1. The molecule has 0 saturated heterocycles. The fourth-order valence-electron chi connectivity index (χ4n) is 1.54. The monoisotopic (exact) mass is 339 g/mol. The summed E-state index contributed by atoms with van der Waals surface area (Å²) >= 11 is 1.23. The van der Waals surface area contributed by atoms with Crippen LogP contribution < -0.4 is 10.6 Å². The fraction of sp³-hybridized carbons (Fsp3) is 0.571. The van der Waals surface area contributed by atoms with Crippen molar-refractivity contribution in [1.82, 2.24) is 15.2 Å². The van der Waals surface area contributed by atoms with E-state index in [1.54, 1.807) is 20.8 Å². The van der Waals surface area contributed by atoms with E-state index in [0.29, 0.717) is 21.3 Å². The van der Waals surface area contributed by atoms with Gasteiger partial charge in [0, 0.05) is 5.41 Å². The molecule has 2 heterocycles. The normalized spacial score (nSPS) is 12.3. The topological polar surface area (TPSA) is 109 Å². The van der Waals surface area contributed by atoms with Gasteiger partial charge in [0.2, 0.25) is 5.91 Å². The average molecular weight is 339 g/mol. The molecule has 0 aliphatic carbocycles. The summed E-state index contributed by atoms with van der Waals surface area (Å²) in [5.74, 6) is 0.187. The Balaban J connectivity index is 2.15. The van der Waals surface area contributed by atoms with Crippen LogP contribution in [0.4, 0.5) is 15.7 Å². The lowest BCUT2D eigenvalue weighted by Crippen LogP contribution is -2.27. The van der Waals surface area contributed by atoms with Crippen molar-refractivity contribution in [2.24, 2.45) is 5.41 Å². The number of H-pyrrole nitrogens is 1. The molecule has 3 N–H and O–H groups in total. The van der Waals surface area contributed by atoms with E-state index in [0.717, 1.165) is 0 Å². The van der Waals surface area contributed by atoms with Crippen molar-refractivity contribution in [1.29, 1.82) is 0 Å². The highest BCUT2D eigenvalue weighted by Crippen LogP contribution is 2.31. The molecule has 0 aliphatic heterocycles. The number of aromatic amines is 1. The molecule has 0 aliphatic rings. The summed E-state index contributed by atoms with van der Waals surface area (Å²) in [6.07, 6.45) is -0.598. The van der Waals surface area contributed by atoms with E-state index in [-0.39, 0.29) is 5.91 Å². The standard InChI is InChI=1S/C14H21N5O3S/c1-13(2,3)10(20)17-11-15-8-7(23-11)9(19-18-8)16-12(21)22-14(4,5)6/h1-6H3,(H3,15,16,17,18,19,20,21). The number of carbonyl (C=O) groups excluding carboxylic acids is 2. The average Bonchev–Trinajstić information content (AvgIpc) is 2.87. The first-order valence-electron chi connectivity index (χ1n) is 7.12. The molecule has 0 fully saturated rings. The Kier molecular flexibility index (Phi) is 4.34. The largest absolute Gasteiger partial charge is 0.444 e. The Morgan fingerprint density at radius 3 is 2.35 bits per heavy atom. The number of thiazole rings is 1. The lowest BCUT2D eigenvalue weighted by Gasteiger charge is -2.19. The minimum Gasteiger partial charge on any atom is -0.444 e. The molecule has 0 atom stereocenters. The molecule has 0 saturated carbocycles. The van der Waals surface area contributed by atoms with E-state index in [1.807, 2.05) is 20.8 Å². The van der Waals surface area contributed by atoms with Gasteiger partial charge in [0.25, 0.3) is 0 Å². The van der Waals surface area contributed by atoms with Gasteiger partial charge in [-0.3, -0.25) is 15.2 Å². The van der Waals surface area contributed by atoms with Gasteiger partial charge in [0.05, 0.1) is 0 Å². The van der Waals surface area contributed by atoms with Crippen molar-refractivity contribution in [3.05, 3.63) is 0 Å². The number of nitrogens with one attached hydrogen (secondary N) is 3. The molecule has 126 valence electrons. The Morgan fingerprint density at radius 1 is 1.13 bits per heavy atom. The molecule has 9 heteroatoms. The molecule has 0 aromatic carbocycles. The SMILES string of the molecule is CC(C)(C)OC(=O)Nc1n[nH]c2nc(NC(=O)C(C)(C)C)sc12. The van der Waals surface area contributed by atoms with Crippen LogP contribution in [0.15, 0.2) is 0 Å². The number of fused-ring (bicyclic) bond motifs is 1. The number of ether oxygens (including phenoxy) is 1. The first-order valence-corrected chi connectivity index (χ1v) is 7.94. The summed E-state index contributed by atoms with van der Waals surface area (Å²) in [7, 11) is 0. The molecule has 2 rings (SSSR count). The number of anilines is 2. The maximum absolute atomic E-state index is 12.0. The summed E-state index contributed by atoms with van der Waals surface area (Å²) in [5.41, 5.74) is -0.626. The predicted octanol–water partition coefficient (Wildman–Crippen LogP) is 3.35. The van der Waals surface area contributed by atoms with Crippen LogP contribution in [0, 0.1) is 5.41 Å². The molecular weight excluding hydrogens is 318 g/mol. The number of nitrogens with zero attached hydrogens (tertiary/aromatic N) is 2. The molecule has 2 aromatic heterocycles. The number of hydrogen-bond donors (Lipinski definition) is 3. The summed E-state index contributed by atoms with van der Waals surface area (Å²) in [5, 5.41) is 12.5. The Bertz CT molecular complexity index is 736. The maximum Gasteiger partial charge on any atom is 0.413 e. The third-order valence-electron chi connectivity index (χ3n) is 2.64. The van der Waals surface area contributed by atoms with Crippen molar-refractivity contribution in [3.63, 3.8) is 0 Å². The zero-order valence-electron chi connectivity index (χ0n) is 14.0. The van der Waals surface area contributed by atoms with Crippen LogP contribution in [0.1, 0.15) is 41.5 Å². The van der Waals surface area contributed by atoms with Crippen molar-refractivity contribution in [2.45, 2.75) is 47.1 Å². The van der Waals surface area contributed by atoms with Gasteiger partial charge in [-0.15, -0.1) is 0 Å². The van der Waals surface area contributed by atoms with Crippen molar-refractivity contribution in [3.8, 4) is 0 Å². The number of hydrogen-bond acceptors (Lipinski definition) is 6. The molecule has 0 unspecified atom stereocenters. The minimum atomic E-state index is -0.598. The zero-order valence-corrected chi connectivity index (χ0v) is 14.8. The fourth-order valence-corrected chi connectivity index (χ4v) is 2.39. The van der Waals surface area contributed by atoms with Crippen molar-refractivity contribution < 1.29 is 14.3 Å². The lowest BCUT2D eigenvalue weighted by atomic mass is 9.96. The van der Waals surface area contributed by atoms with Gasteiger partial charge in [-0.05, 0) is 20.8 Å². The Morgan fingerprint density at radius 2 is 1.78 bits per heavy atom. The highest BCUT2D eigenvalue weighted by molar-refractivity contribution is 7.22. The molecule has 0 bridgehead atoms. The molecule has 2 amide bonds. The van der Waals surface area contributed by atoms with Crippen molar-refractivity contribution >= 4 is 44.6 Å². The van der Waals surface area contributed by atoms with Gasteiger partial charge in [-0.25, -0.2) is 9.78 Å². The van der Waals surface area contributed by atoms with Crippen molar-refractivity contribution in [2.75, 3.05) is 10.6 Å². The van der Waals surface area contributed by atoms with E-state index in [4.69, 9.17) is 4.74 Å². The van der Waals surface area contributed by atoms with Gasteiger partial charge in [0.15, 0.2) is 16.6 Å². The minimum absolute atomic E-state index is 0.136. The summed E-state index contributed by atoms with van der Waals surface area (Å²) in [6, 6.07) is 0. The number of carbonyl (C=O) groups is 2. The van der Waals surface area contributed by atoms with Gasteiger partial charge in [0.1, 0.15) is 10.3 Å². The lowest BCUT2D eigenvalue weighted by molar-refractivity contribution is -0.123. The smallest absolute Gasteiger partial charge is 0.413 e. The maximum atomic E-state index is 12.0. The molecule has 2 aromatic rings. The molecule has 23 heavy (non-hydrogen) atoms. The molecule has 0 spiro atoms. The molecular formula is C14H21N5O3S. The first-order chi connectivity index (χ1) is 10.5. The number of amides is 2. The van der Waals surface area contributed by atoms with E-state index in [2.05, 4.69) is 25.8 Å². The van der Waals surface area contributed by atoms with Gasteiger partial charge in [-0.2, -0.15) is 5.10 Å². The van der Waals surface area contributed by atoms with Gasteiger partial charge >= 0.3 is 6.09 Å². The predicted molar refractivity (Wildman–Crippen MR) is 89.7 cm³/mol. The number of aromatic nitrogens is 3. The summed E-state index contributed by atoms with van der Waals surface area (Å²) in [6.45, 7) is 10.8. The van der Waals surface area contributed by atoms with Gasteiger partial charge < -0.3 is 10.1 Å². The summed E-state index contributed by atoms with van der Waals surface area (Å²) < 4.78 is 5.83. The van der Waals surface area contributed by atoms with Crippen LogP contribution in [0.5, 0.6) is 0 Å². The van der Waals surface area contributed by atoms with Crippen LogP contribution in [0.3, 0.4) is 0 Å². The Hall–Kier alpha value is -2.16. The van der Waals surface area contributed by atoms with Crippen LogP contribution in [0.25, 0.3) is 10.3 Å². The quantitative estimate of drug-likeness (QED) is 0.777. The molecule has 0 radical (unpaired) electrons. The van der Waals surface area contributed by atoms with E-state index in [1.165, 1.54) is 11.3 Å². The first kappa shape index (κ1) is 17.2. The second kappa shape index (κ2) is 5.80. The van der Waals surface area contributed by atoms with Crippen LogP contribution >= 0.6 is 11.3 Å². The highest BCUT2D eigenvalue weighted by atomic mass is 32.1. The van der Waals surface area contributed by atoms with Crippen LogP contribution in [-0.2, 0) is 9.53 Å². The Labute approximate surface area is 138 Å². The van der Waals surface area contributed by atoms with E-state index >= 15 is 0 Å². The second-order valence-electron chi connectivity index (χ2n) is 7.10. The molecule has 8 nitrogen and oxygen atoms in total. The van der Waals surface area contributed by atoms with Gasteiger partial charge in [-0.1, -0.05) is 32.1 Å². The third kappa shape index (κ3) is 4.41. The van der Waals surface area contributed by atoms with Crippen LogP contribution in [-0.4, -0.2) is 32.8 Å². The highest BCUT2D eigenvalue weighted by Gasteiger charge is 2.24. The zero-order chi connectivity index (χ0) is 17.4.